The molecule has 2 N–H and O–H groups in total. The second-order valence-electron chi connectivity index (χ2n) is 7.16. The number of Topliss-reactive ketones (excluding diaryl/α,β-unsaturated/α-hetero) is 1. The fourth-order valence-corrected chi connectivity index (χ4v) is 5.31. The van der Waals surface area contributed by atoms with Crippen molar-refractivity contribution in [2.24, 2.45) is 5.73 Å². The van der Waals surface area contributed by atoms with E-state index in [9.17, 15) is 10.1 Å². The lowest BCUT2D eigenvalue weighted by atomic mass is 9.75. The first-order valence-electron chi connectivity index (χ1n) is 9.21. The summed E-state index contributed by atoms with van der Waals surface area (Å²) in [6.45, 7) is 4.08. The number of anilines is 1. The van der Waals surface area contributed by atoms with Gasteiger partial charge in [0.1, 0.15) is 5.82 Å². The molecule has 1 aromatic carbocycles. The van der Waals surface area contributed by atoms with Crippen LogP contribution in [0, 0.1) is 25.2 Å². The van der Waals surface area contributed by atoms with E-state index in [0.717, 1.165) is 39.5 Å². The number of aryl methyl sites for hydroxylation is 2. The smallest absolute Gasteiger partial charge is 0.161 e. The SMILES string of the molecule is Cc1cc(C2C(C#N)=C(N)N(c3ccc(Cl)cc3)C3=C2C(=O)CCC3)c(C)s1. The van der Waals surface area contributed by atoms with Crippen molar-refractivity contribution < 1.29 is 4.79 Å². The maximum absolute atomic E-state index is 13.1. The molecule has 1 atom stereocenters. The summed E-state index contributed by atoms with van der Waals surface area (Å²) in [6.07, 6.45) is 2.04. The van der Waals surface area contributed by atoms with Gasteiger partial charge in [0.2, 0.25) is 0 Å². The van der Waals surface area contributed by atoms with Crippen LogP contribution < -0.4 is 10.6 Å². The first-order chi connectivity index (χ1) is 13.4. The highest BCUT2D eigenvalue weighted by molar-refractivity contribution is 7.12. The number of ketones is 1. The lowest BCUT2D eigenvalue weighted by Gasteiger charge is -2.39. The predicted octanol–water partition coefficient (Wildman–Crippen LogP) is 5.32. The molecule has 0 bridgehead atoms. The minimum Gasteiger partial charge on any atom is -0.384 e. The molecular weight excluding hydrogens is 390 g/mol. The van der Waals surface area contributed by atoms with Crippen molar-refractivity contribution in [3.05, 3.63) is 73.3 Å². The molecule has 1 aliphatic carbocycles. The topological polar surface area (TPSA) is 70.1 Å². The molecule has 2 heterocycles. The molecule has 1 unspecified atom stereocenters. The molecule has 1 aromatic heterocycles. The van der Waals surface area contributed by atoms with Crippen molar-refractivity contribution in [1.82, 2.24) is 0 Å². The molecule has 0 saturated carbocycles. The van der Waals surface area contributed by atoms with Crippen molar-refractivity contribution in [1.29, 1.82) is 5.26 Å². The Morgan fingerprint density at radius 1 is 1.25 bits per heavy atom. The van der Waals surface area contributed by atoms with Crippen molar-refractivity contribution in [3.8, 4) is 6.07 Å². The molecule has 0 spiro atoms. The van der Waals surface area contributed by atoms with Gasteiger partial charge in [0.05, 0.1) is 17.6 Å². The number of nitriles is 1. The van der Waals surface area contributed by atoms with Crippen LogP contribution in [0.5, 0.6) is 0 Å². The van der Waals surface area contributed by atoms with Gasteiger partial charge in [-0.2, -0.15) is 5.26 Å². The van der Waals surface area contributed by atoms with Gasteiger partial charge in [-0.3, -0.25) is 9.69 Å². The van der Waals surface area contributed by atoms with Crippen molar-refractivity contribution in [2.75, 3.05) is 4.90 Å². The molecule has 0 radical (unpaired) electrons. The third-order valence-corrected chi connectivity index (χ3v) is 6.62. The summed E-state index contributed by atoms with van der Waals surface area (Å²) in [7, 11) is 0. The van der Waals surface area contributed by atoms with Crippen LogP contribution in [0.1, 0.15) is 40.5 Å². The molecular formula is C22H20ClN3OS. The van der Waals surface area contributed by atoms with E-state index in [1.165, 1.54) is 0 Å². The van der Waals surface area contributed by atoms with Gasteiger partial charge in [0.25, 0.3) is 0 Å². The van der Waals surface area contributed by atoms with Crippen LogP contribution in [0.25, 0.3) is 0 Å². The fourth-order valence-electron chi connectivity index (χ4n) is 4.22. The van der Waals surface area contributed by atoms with Gasteiger partial charge in [-0.05, 0) is 62.6 Å². The summed E-state index contributed by atoms with van der Waals surface area (Å²) >= 11 is 7.73. The van der Waals surface area contributed by atoms with E-state index in [-0.39, 0.29) is 11.7 Å². The predicted molar refractivity (Wildman–Crippen MR) is 113 cm³/mol. The molecule has 1 aliphatic heterocycles. The van der Waals surface area contributed by atoms with Crippen LogP contribution in [0.2, 0.25) is 5.02 Å². The van der Waals surface area contributed by atoms with Gasteiger partial charge >= 0.3 is 0 Å². The zero-order valence-electron chi connectivity index (χ0n) is 15.8. The Labute approximate surface area is 173 Å². The number of halogens is 1. The second kappa shape index (κ2) is 7.12. The largest absolute Gasteiger partial charge is 0.384 e. The quantitative estimate of drug-likeness (QED) is 0.728. The molecule has 28 heavy (non-hydrogen) atoms. The number of nitrogens with two attached hydrogens (primary N) is 1. The van der Waals surface area contributed by atoms with Crippen LogP contribution in [0.3, 0.4) is 0 Å². The number of allylic oxidation sites excluding steroid dienone is 3. The third-order valence-electron chi connectivity index (χ3n) is 5.39. The van der Waals surface area contributed by atoms with Crippen molar-refractivity contribution in [2.45, 2.75) is 39.0 Å². The molecule has 4 rings (SSSR count). The number of thiophene rings is 1. The molecule has 0 amide bonds. The summed E-state index contributed by atoms with van der Waals surface area (Å²) in [4.78, 5) is 17.2. The number of benzene rings is 1. The molecule has 2 aliphatic rings. The maximum atomic E-state index is 13.1. The Balaban J connectivity index is 1.98. The Kier molecular flexibility index (Phi) is 4.78. The minimum absolute atomic E-state index is 0.105. The van der Waals surface area contributed by atoms with E-state index < -0.39 is 0 Å². The van der Waals surface area contributed by atoms with Crippen LogP contribution in [-0.4, -0.2) is 5.78 Å². The van der Waals surface area contributed by atoms with Crippen molar-refractivity contribution >= 4 is 34.4 Å². The normalized spacial score (nSPS) is 19.7. The van der Waals surface area contributed by atoms with Gasteiger partial charge in [0, 0.05) is 38.2 Å². The van der Waals surface area contributed by atoms with E-state index in [1.807, 2.05) is 30.9 Å². The van der Waals surface area contributed by atoms with E-state index in [0.29, 0.717) is 28.4 Å². The number of carbonyl (C=O) groups is 1. The van der Waals surface area contributed by atoms with E-state index in [1.54, 1.807) is 23.5 Å². The minimum atomic E-state index is -0.388. The van der Waals surface area contributed by atoms with Crippen LogP contribution in [0.4, 0.5) is 5.69 Å². The highest BCUT2D eigenvalue weighted by Crippen LogP contribution is 2.48. The Morgan fingerprint density at radius 3 is 2.57 bits per heavy atom. The summed E-state index contributed by atoms with van der Waals surface area (Å²) in [5, 5.41) is 10.6. The maximum Gasteiger partial charge on any atom is 0.161 e. The summed E-state index contributed by atoms with van der Waals surface area (Å²) in [6, 6.07) is 11.7. The Morgan fingerprint density at radius 2 is 1.96 bits per heavy atom. The molecule has 0 saturated heterocycles. The highest BCUT2D eigenvalue weighted by Gasteiger charge is 2.41. The van der Waals surface area contributed by atoms with E-state index in [2.05, 4.69) is 12.1 Å². The van der Waals surface area contributed by atoms with E-state index >= 15 is 0 Å². The molecule has 2 aromatic rings. The molecule has 0 fully saturated rings. The van der Waals surface area contributed by atoms with Gasteiger partial charge in [-0.1, -0.05) is 11.6 Å². The summed E-state index contributed by atoms with van der Waals surface area (Å²) in [5.41, 5.74) is 10.4. The van der Waals surface area contributed by atoms with Crippen LogP contribution in [-0.2, 0) is 4.79 Å². The first-order valence-corrected chi connectivity index (χ1v) is 10.4. The summed E-state index contributed by atoms with van der Waals surface area (Å²) < 4.78 is 0. The number of rotatable bonds is 2. The van der Waals surface area contributed by atoms with Gasteiger partial charge in [-0.25, -0.2) is 0 Å². The number of hydrogen-bond donors (Lipinski definition) is 1. The monoisotopic (exact) mass is 409 g/mol. The standard InChI is InChI=1S/C22H20ClN3OS/c1-12-10-16(13(2)28-12)20-17(11-24)22(25)26(15-8-6-14(23)7-9-15)18-4-3-5-19(27)21(18)20/h6-10,20H,3-5,25H2,1-2H3. The van der Waals surface area contributed by atoms with Crippen molar-refractivity contribution in [3.63, 3.8) is 0 Å². The summed E-state index contributed by atoms with van der Waals surface area (Å²) in [5.74, 6) is 0.113. The molecule has 142 valence electrons. The van der Waals surface area contributed by atoms with Gasteiger partial charge in [0.15, 0.2) is 5.78 Å². The van der Waals surface area contributed by atoms with Crippen LogP contribution in [0.15, 0.2) is 53.0 Å². The zero-order chi connectivity index (χ0) is 20.0. The van der Waals surface area contributed by atoms with Gasteiger partial charge in [-0.15, -0.1) is 11.3 Å². The molecule has 4 nitrogen and oxygen atoms in total. The zero-order valence-corrected chi connectivity index (χ0v) is 17.3. The Bertz CT molecular complexity index is 1070. The number of hydrogen-bond acceptors (Lipinski definition) is 5. The third kappa shape index (κ3) is 2.94. The molecule has 6 heteroatoms. The second-order valence-corrected chi connectivity index (χ2v) is 9.06. The average molecular weight is 410 g/mol. The van der Waals surface area contributed by atoms with E-state index in [4.69, 9.17) is 17.3 Å². The van der Waals surface area contributed by atoms with Crippen LogP contribution >= 0.6 is 22.9 Å². The number of carbonyl (C=O) groups excluding carboxylic acids is 1. The number of nitrogens with zero attached hydrogens (tertiary/aromatic N) is 2. The lowest BCUT2D eigenvalue weighted by molar-refractivity contribution is -0.116. The average Bonchev–Trinajstić information content (AvgIpc) is 3.00. The fraction of sp³-hybridized carbons (Fsp3) is 0.273. The Hall–Kier alpha value is -2.55. The van der Waals surface area contributed by atoms with Gasteiger partial charge < -0.3 is 5.73 Å². The highest BCUT2D eigenvalue weighted by atomic mass is 35.5. The first kappa shape index (κ1) is 18.8. The lowest BCUT2D eigenvalue weighted by Crippen LogP contribution is -2.38.